The highest BCUT2D eigenvalue weighted by molar-refractivity contribution is 6.62. The van der Waals surface area contributed by atoms with Crippen LogP contribution in [0.3, 0.4) is 0 Å². The van der Waals surface area contributed by atoms with Gasteiger partial charge in [0.05, 0.1) is 25.4 Å². The van der Waals surface area contributed by atoms with Gasteiger partial charge in [0, 0.05) is 0 Å². The fraction of sp³-hybridized carbons (Fsp3) is 0.529. The van der Waals surface area contributed by atoms with E-state index in [4.69, 9.17) is 15.1 Å². The van der Waals surface area contributed by atoms with Gasteiger partial charge in [-0.2, -0.15) is 0 Å². The van der Waals surface area contributed by atoms with Crippen LogP contribution in [0.1, 0.15) is 35.2 Å². The molecule has 2 fully saturated rings. The minimum Gasteiger partial charge on any atom is -0.669 e. The third-order valence-electron chi connectivity index (χ3n) is 5.70. The summed E-state index contributed by atoms with van der Waals surface area (Å²) in [5.74, 6) is -2.32. The summed E-state index contributed by atoms with van der Waals surface area (Å²) in [6, 6.07) is 3.21. The molecule has 152 valence electrons. The molecule has 1 aromatic rings. The minimum atomic E-state index is -3.11. The van der Waals surface area contributed by atoms with Crippen LogP contribution >= 0.6 is 0 Å². The smallest absolute Gasteiger partial charge is 0.434 e. The van der Waals surface area contributed by atoms with Crippen LogP contribution < -0.4 is 15.1 Å². The van der Waals surface area contributed by atoms with E-state index in [2.05, 4.69) is 0 Å². The highest BCUT2D eigenvalue weighted by Gasteiger charge is 2.55. The highest BCUT2D eigenvalue weighted by atomic mass is 16.6. The topological polar surface area (TPSA) is 163 Å². The fourth-order valence-corrected chi connectivity index (χ4v) is 3.90. The summed E-state index contributed by atoms with van der Waals surface area (Å²) in [5, 5.41) is 38.9. The molecule has 1 saturated carbocycles. The molecule has 0 spiro atoms. The number of aliphatic hydroxyl groups is 1. The molecule has 1 amide bonds. The third-order valence-corrected chi connectivity index (χ3v) is 5.70. The summed E-state index contributed by atoms with van der Waals surface area (Å²) in [7, 11) is 0. The van der Waals surface area contributed by atoms with Crippen LogP contribution in [-0.2, 0) is 4.79 Å². The second kappa shape index (κ2) is 6.08. The second-order valence-electron chi connectivity index (χ2n) is 8.07. The van der Waals surface area contributed by atoms with Gasteiger partial charge in [-0.25, -0.2) is 4.79 Å². The van der Waals surface area contributed by atoms with Crippen molar-refractivity contribution >= 4 is 18.6 Å². The Kier molecular flexibility index (Phi) is 4.13. The molecule has 10 nitrogen and oxygen atoms in total. The molecule has 3 atom stereocenters. The number of likely N-dealkylation sites (tertiary alicyclic amines) is 1. The Labute approximate surface area is 160 Å². The highest BCUT2D eigenvalue weighted by Crippen LogP contribution is 2.63. The number of hydrogen-bond donors (Lipinski definition) is 5. The average molecular weight is 393 g/mol. The first-order valence-electron chi connectivity index (χ1n) is 9.09. The predicted molar refractivity (Wildman–Crippen MR) is 96.0 cm³/mol. The number of carboxylic acid groups (broad SMARTS) is 1. The number of nitrogens with zero attached hydrogens (tertiary/aromatic N) is 1. The molecule has 1 aliphatic carbocycles. The molecule has 1 aromatic carbocycles. The number of rotatable bonds is 5. The lowest BCUT2D eigenvalue weighted by Crippen LogP contribution is -2.64. The molecule has 0 bridgehead atoms. The maximum Gasteiger partial charge on any atom is 0.434 e. The van der Waals surface area contributed by atoms with Crippen LogP contribution in [0.4, 0.5) is 0 Å². The minimum absolute atomic E-state index is 0.0340. The molecule has 1 unspecified atom stereocenters. The normalized spacial score (nSPS) is 26.8. The van der Waals surface area contributed by atoms with Crippen LogP contribution in [-0.4, -0.2) is 75.1 Å². The maximum absolute atomic E-state index is 12.2. The zero-order chi connectivity index (χ0) is 20.4. The summed E-state index contributed by atoms with van der Waals surface area (Å²) in [4.78, 5) is 25.4. The van der Waals surface area contributed by atoms with Gasteiger partial charge in [-0.05, 0) is 24.5 Å². The van der Waals surface area contributed by atoms with Crippen LogP contribution in [0.5, 0.6) is 11.5 Å². The summed E-state index contributed by atoms with van der Waals surface area (Å²) in [5.41, 5.74) is 4.71. The van der Waals surface area contributed by atoms with Crippen molar-refractivity contribution in [2.24, 2.45) is 5.73 Å². The summed E-state index contributed by atoms with van der Waals surface area (Å²) in [6.45, 7) is -1.78. The average Bonchev–Trinajstić information content (AvgIpc) is 3.38. The summed E-state index contributed by atoms with van der Waals surface area (Å²) >= 11 is 0. The first-order chi connectivity index (χ1) is 13.0. The van der Waals surface area contributed by atoms with Crippen molar-refractivity contribution in [3.63, 3.8) is 0 Å². The lowest BCUT2D eigenvalue weighted by Gasteiger charge is -2.42. The molecule has 2 aliphatic heterocycles. The molecule has 0 radical (unpaired) electrons. The number of ether oxygens (including phenoxy) is 1. The SMILES string of the molecule is CC(N)(CO)C(=O)N1CC(Oc2ccc3c(c2C(=O)O)O[B-](O)(O)[C@@H]2C[C@H]32)C1. The quantitative estimate of drug-likeness (QED) is 0.389. The van der Waals surface area contributed by atoms with Crippen molar-refractivity contribution in [3.05, 3.63) is 23.3 Å². The standard InChI is InChI=1S/C17H22BN2O8/c1-17(19,7-21)16(24)20-5-8(6-20)27-12-3-2-9-10-4-11(10)18(25,26)28-14(9)13(12)15(22)23/h2-3,8,10-11,21,25-26H,4-7,19H2,1H3,(H,22,23)/q-1/t10-,11-,17?/m1/s1. The number of hydrogen-bond acceptors (Lipinski definition) is 8. The van der Waals surface area contributed by atoms with E-state index in [9.17, 15) is 29.9 Å². The summed E-state index contributed by atoms with van der Waals surface area (Å²) in [6.07, 6.45) is 0.0761. The third kappa shape index (κ3) is 2.91. The zero-order valence-electron chi connectivity index (χ0n) is 15.2. The van der Waals surface area contributed by atoms with Gasteiger partial charge >= 0.3 is 12.7 Å². The number of benzene rings is 1. The van der Waals surface area contributed by atoms with E-state index in [1.165, 1.54) is 17.9 Å². The van der Waals surface area contributed by atoms with Crippen molar-refractivity contribution in [2.45, 2.75) is 36.7 Å². The van der Waals surface area contributed by atoms with Gasteiger partial charge in [0.1, 0.15) is 23.0 Å². The first kappa shape index (κ1) is 19.0. The molecule has 3 aliphatic rings. The summed E-state index contributed by atoms with van der Waals surface area (Å²) < 4.78 is 11.0. The first-order valence-corrected chi connectivity index (χ1v) is 9.09. The molecule has 6 N–H and O–H groups in total. The number of amides is 1. The van der Waals surface area contributed by atoms with E-state index in [-0.39, 0.29) is 36.1 Å². The number of fused-ring (bicyclic) bond motifs is 3. The van der Waals surface area contributed by atoms with Crippen molar-refractivity contribution in [1.29, 1.82) is 0 Å². The number of carbonyl (C=O) groups excluding carboxylic acids is 1. The van der Waals surface area contributed by atoms with Gasteiger partial charge in [-0.15, -0.1) is 0 Å². The maximum atomic E-state index is 12.2. The van der Waals surface area contributed by atoms with Gasteiger partial charge in [-0.1, -0.05) is 18.3 Å². The lowest BCUT2D eigenvalue weighted by molar-refractivity contribution is -0.146. The lowest BCUT2D eigenvalue weighted by atomic mass is 9.68. The molecule has 11 heteroatoms. The van der Waals surface area contributed by atoms with Crippen LogP contribution in [0.15, 0.2) is 12.1 Å². The van der Waals surface area contributed by atoms with Gasteiger partial charge in [0.25, 0.3) is 0 Å². The van der Waals surface area contributed by atoms with E-state index >= 15 is 0 Å². The Hall–Kier alpha value is -2.34. The second-order valence-corrected chi connectivity index (χ2v) is 8.07. The Morgan fingerprint density at radius 3 is 2.68 bits per heavy atom. The Morgan fingerprint density at radius 2 is 2.07 bits per heavy atom. The number of aliphatic hydroxyl groups excluding tert-OH is 1. The molecule has 2 heterocycles. The molecule has 0 aromatic heterocycles. The number of carbonyl (C=O) groups is 2. The van der Waals surface area contributed by atoms with E-state index in [1.807, 2.05) is 0 Å². The Morgan fingerprint density at radius 1 is 1.39 bits per heavy atom. The van der Waals surface area contributed by atoms with E-state index in [0.717, 1.165) is 0 Å². The number of aromatic carboxylic acids is 1. The van der Waals surface area contributed by atoms with Crippen molar-refractivity contribution in [1.82, 2.24) is 4.90 Å². The monoisotopic (exact) mass is 393 g/mol. The van der Waals surface area contributed by atoms with Gasteiger partial charge in [0.15, 0.2) is 0 Å². The van der Waals surface area contributed by atoms with E-state index in [0.29, 0.717) is 12.0 Å². The van der Waals surface area contributed by atoms with Crippen LogP contribution in [0.2, 0.25) is 5.82 Å². The largest absolute Gasteiger partial charge is 0.669 e. The van der Waals surface area contributed by atoms with E-state index in [1.54, 1.807) is 6.07 Å². The number of nitrogens with two attached hydrogens (primary N) is 1. The van der Waals surface area contributed by atoms with Gasteiger partial charge in [0.2, 0.25) is 5.91 Å². The van der Waals surface area contributed by atoms with Crippen molar-refractivity contribution < 1.29 is 39.2 Å². The molecule has 28 heavy (non-hydrogen) atoms. The Bertz CT molecular complexity index is 852. The van der Waals surface area contributed by atoms with Crippen LogP contribution in [0, 0.1) is 0 Å². The Balaban J connectivity index is 1.53. The number of carboxylic acids is 1. The zero-order valence-corrected chi connectivity index (χ0v) is 15.2. The van der Waals surface area contributed by atoms with Gasteiger partial charge in [-0.3, -0.25) is 4.79 Å². The van der Waals surface area contributed by atoms with Crippen LogP contribution in [0.25, 0.3) is 0 Å². The van der Waals surface area contributed by atoms with Gasteiger partial charge < -0.3 is 40.3 Å². The molecular weight excluding hydrogens is 371 g/mol. The molecule has 4 rings (SSSR count). The molecule has 1 saturated heterocycles. The molecular formula is C17H22BN2O8-. The fourth-order valence-electron chi connectivity index (χ4n) is 3.90. The predicted octanol–water partition coefficient (Wildman–Crippen LogP) is -1.14. The van der Waals surface area contributed by atoms with Crippen molar-refractivity contribution in [2.75, 3.05) is 19.7 Å². The van der Waals surface area contributed by atoms with Crippen molar-refractivity contribution in [3.8, 4) is 11.5 Å². The van der Waals surface area contributed by atoms with E-state index < -0.39 is 42.7 Å².